The maximum absolute atomic E-state index is 12.4. The van der Waals surface area contributed by atoms with Crippen LogP contribution in [0, 0.1) is 6.92 Å². The fraction of sp³-hybridized carbons (Fsp3) is 0.240. The minimum atomic E-state index is -0.314. The number of carbonyl (C=O) groups is 1. The van der Waals surface area contributed by atoms with E-state index in [-0.39, 0.29) is 5.97 Å². The lowest BCUT2D eigenvalue weighted by atomic mass is 10.2. The minimum absolute atomic E-state index is 0.314. The maximum atomic E-state index is 12.4. The molecule has 0 radical (unpaired) electrons. The number of anilines is 1. The average Bonchev–Trinajstić information content (AvgIpc) is 3.15. The lowest BCUT2D eigenvalue weighted by Gasteiger charge is -2.11. The summed E-state index contributed by atoms with van der Waals surface area (Å²) in [5.74, 6) is 1.10. The molecule has 2 heterocycles. The Morgan fingerprint density at radius 2 is 1.59 bits per heavy atom. The van der Waals surface area contributed by atoms with Gasteiger partial charge in [0, 0.05) is 13.1 Å². The maximum Gasteiger partial charge on any atom is 0.348 e. The first-order chi connectivity index (χ1) is 15.7. The third-order valence-corrected chi connectivity index (χ3v) is 6.22. The molecule has 0 aliphatic carbocycles. The quantitative estimate of drug-likeness (QED) is 0.349. The van der Waals surface area contributed by atoms with Gasteiger partial charge < -0.3 is 15.4 Å². The second-order valence-corrected chi connectivity index (χ2v) is 8.37. The van der Waals surface area contributed by atoms with Gasteiger partial charge in [0.1, 0.15) is 21.3 Å². The zero-order valence-corrected chi connectivity index (χ0v) is 19.0. The lowest BCUT2D eigenvalue weighted by Crippen LogP contribution is -2.15. The Kier molecular flexibility index (Phi) is 7.09. The van der Waals surface area contributed by atoms with Crippen LogP contribution in [0.15, 0.2) is 60.7 Å². The summed E-state index contributed by atoms with van der Waals surface area (Å²) in [6.07, 6.45) is 0. The Bertz CT molecular complexity index is 1190. The Balaban J connectivity index is 1.62. The molecular weight excluding hydrogens is 420 g/mol. The molecule has 2 aromatic carbocycles. The minimum Gasteiger partial charge on any atom is -0.462 e. The molecule has 0 bridgehead atoms. The number of nitrogens with one attached hydrogen (secondary N) is 2. The molecule has 0 aliphatic rings. The summed E-state index contributed by atoms with van der Waals surface area (Å²) in [5.41, 5.74) is 3.21. The Hall–Kier alpha value is -3.29. The molecule has 0 saturated heterocycles. The van der Waals surface area contributed by atoms with E-state index in [1.54, 1.807) is 0 Å². The summed E-state index contributed by atoms with van der Waals surface area (Å²) in [6.45, 7) is 5.96. The summed E-state index contributed by atoms with van der Waals surface area (Å²) in [6, 6.07) is 20.4. The van der Waals surface area contributed by atoms with E-state index in [9.17, 15) is 4.79 Å². The molecule has 0 amide bonds. The number of hydrogen-bond acceptors (Lipinski definition) is 7. The highest BCUT2D eigenvalue weighted by molar-refractivity contribution is 7.20. The number of benzene rings is 2. The molecule has 0 spiro atoms. The molecule has 0 aliphatic heterocycles. The molecule has 2 aromatic heterocycles. The van der Waals surface area contributed by atoms with Crippen LogP contribution >= 0.6 is 11.3 Å². The number of hydrogen-bond donors (Lipinski definition) is 2. The van der Waals surface area contributed by atoms with Crippen LogP contribution in [0.2, 0.25) is 0 Å². The van der Waals surface area contributed by atoms with Crippen LogP contribution < -0.4 is 10.6 Å². The number of aromatic nitrogens is 2. The molecular formula is C25H26N4O2S. The fourth-order valence-corrected chi connectivity index (χ4v) is 4.57. The van der Waals surface area contributed by atoms with Gasteiger partial charge in [-0.25, -0.2) is 14.8 Å². The normalized spacial score (nSPS) is 10.9. The monoisotopic (exact) mass is 446 g/mol. The summed E-state index contributed by atoms with van der Waals surface area (Å²) >= 11 is 1.36. The second kappa shape index (κ2) is 10.3. The standard InChI is InChI=1S/C25H26N4O2S/c1-3-31-25(30)22-17(2)21-23(27-15-19-12-8-5-9-13-19)28-20(29-24(21)32-22)16-26-14-18-10-6-4-7-11-18/h4-13,26H,3,14-16H2,1-2H3,(H,27,28,29). The van der Waals surface area contributed by atoms with Crippen LogP contribution in [0.4, 0.5) is 5.82 Å². The number of fused-ring (bicyclic) bond motifs is 1. The molecule has 0 atom stereocenters. The third-order valence-electron chi connectivity index (χ3n) is 5.06. The number of esters is 1. The van der Waals surface area contributed by atoms with E-state index in [1.165, 1.54) is 16.9 Å². The van der Waals surface area contributed by atoms with Gasteiger partial charge in [-0.05, 0) is 30.5 Å². The SMILES string of the molecule is CCOC(=O)c1sc2nc(CNCc3ccccc3)nc(NCc3ccccc3)c2c1C. The van der Waals surface area contributed by atoms with Crippen molar-refractivity contribution in [3.05, 3.63) is 88.1 Å². The topological polar surface area (TPSA) is 76.1 Å². The average molecular weight is 447 g/mol. The highest BCUT2D eigenvalue weighted by Crippen LogP contribution is 2.34. The zero-order chi connectivity index (χ0) is 22.3. The Labute approximate surface area is 191 Å². The Morgan fingerprint density at radius 3 is 2.25 bits per heavy atom. The van der Waals surface area contributed by atoms with Crippen molar-refractivity contribution >= 4 is 33.3 Å². The van der Waals surface area contributed by atoms with Crippen molar-refractivity contribution in [2.45, 2.75) is 33.5 Å². The first-order valence-electron chi connectivity index (χ1n) is 10.6. The van der Waals surface area contributed by atoms with Crippen LogP contribution in [-0.4, -0.2) is 22.5 Å². The number of aryl methyl sites for hydroxylation is 1. The van der Waals surface area contributed by atoms with Crippen molar-refractivity contribution in [2.75, 3.05) is 11.9 Å². The van der Waals surface area contributed by atoms with Crippen LogP contribution in [0.25, 0.3) is 10.2 Å². The van der Waals surface area contributed by atoms with E-state index in [0.29, 0.717) is 30.4 Å². The van der Waals surface area contributed by atoms with Gasteiger partial charge in [0.25, 0.3) is 0 Å². The summed E-state index contributed by atoms with van der Waals surface area (Å²) in [7, 11) is 0. The molecule has 164 valence electrons. The van der Waals surface area contributed by atoms with E-state index < -0.39 is 0 Å². The van der Waals surface area contributed by atoms with Crippen LogP contribution in [0.1, 0.15) is 39.1 Å². The van der Waals surface area contributed by atoms with Crippen LogP contribution in [0.3, 0.4) is 0 Å². The lowest BCUT2D eigenvalue weighted by molar-refractivity contribution is 0.0531. The first-order valence-corrected chi connectivity index (χ1v) is 11.5. The third kappa shape index (κ3) is 5.12. The van der Waals surface area contributed by atoms with Crippen molar-refractivity contribution in [3.8, 4) is 0 Å². The van der Waals surface area contributed by atoms with E-state index in [2.05, 4.69) is 34.9 Å². The van der Waals surface area contributed by atoms with Gasteiger partial charge in [0.15, 0.2) is 0 Å². The van der Waals surface area contributed by atoms with E-state index in [0.717, 1.165) is 33.7 Å². The number of ether oxygens (including phenoxy) is 1. The van der Waals surface area contributed by atoms with Crippen molar-refractivity contribution < 1.29 is 9.53 Å². The van der Waals surface area contributed by atoms with Gasteiger partial charge in [0.05, 0.1) is 18.5 Å². The van der Waals surface area contributed by atoms with Crippen molar-refractivity contribution in [1.82, 2.24) is 15.3 Å². The van der Waals surface area contributed by atoms with Gasteiger partial charge in [-0.3, -0.25) is 0 Å². The second-order valence-electron chi connectivity index (χ2n) is 7.37. The predicted molar refractivity (Wildman–Crippen MR) is 129 cm³/mol. The van der Waals surface area contributed by atoms with Gasteiger partial charge >= 0.3 is 5.97 Å². The molecule has 0 fully saturated rings. The molecule has 7 heteroatoms. The molecule has 2 N–H and O–H groups in total. The van der Waals surface area contributed by atoms with Gasteiger partial charge in [-0.1, -0.05) is 60.7 Å². The molecule has 0 unspecified atom stereocenters. The predicted octanol–water partition coefficient (Wildman–Crippen LogP) is 5.08. The fourth-order valence-electron chi connectivity index (χ4n) is 3.48. The highest BCUT2D eigenvalue weighted by Gasteiger charge is 2.21. The molecule has 0 saturated carbocycles. The van der Waals surface area contributed by atoms with E-state index in [4.69, 9.17) is 14.7 Å². The van der Waals surface area contributed by atoms with E-state index >= 15 is 0 Å². The zero-order valence-electron chi connectivity index (χ0n) is 18.2. The largest absolute Gasteiger partial charge is 0.462 e. The number of nitrogens with zero attached hydrogens (tertiary/aromatic N) is 2. The molecule has 32 heavy (non-hydrogen) atoms. The van der Waals surface area contributed by atoms with Crippen LogP contribution in [0.5, 0.6) is 0 Å². The Morgan fingerprint density at radius 1 is 0.938 bits per heavy atom. The highest BCUT2D eigenvalue weighted by atomic mass is 32.1. The first kappa shape index (κ1) is 21.9. The molecule has 6 nitrogen and oxygen atoms in total. The molecule has 4 aromatic rings. The smallest absolute Gasteiger partial charge is 0.348 e. The summed E-state index contributed by atoms with van der Waals surface area (Å²) in [5, 5.41) is 7.74. The van der Waals surface area contributed by atoms with Gasteiger partial charge in [-0.2, -0.15) is 0 Å². The van der Waals surface area contributed by atoms with Crippen LogP contribution in [-0.2, 0) is 24.4 Å². The van der Waals surface area contributed by atoms with Crippen molar-refractivity contribution in [1.29, 1.82) is 0 Å². The number of carbonyl (C=O) groups excluding carboxylic acids is 1. The van der Waals surface area contributed by atoms with Gasteiger partial charge in [-0.15, -0.1) is 11.3 Å². The number of rotatable bonds is 9. The van der Waals surface area contributed by atoms with Gasteiger partial charge in [0.2, 0.25) is 0 Å². The molecule has 4 rings (SSSR count). The number of thiophene rings is 1. The van der Waals surface area contributed by atoms with Crippen molar-refractivity contribution in [3.63, 3.8) is 0 Å². The summed E-state index contributed by atoms with van der Waals surface area (Å²) in [4.78, 5) is 23.3. The van der Waals surface area contributed by atoms with Crippen molar-refractivity contribution in [2.24, 2.45) is 0 Å². The summed E-state index contributed by atoms with van der Waals surface area (Å²) < 4.78 is 5.24. The van der Waals surface area contributed by atoms with E-state index in [1.807, 2.05) is 50.2 Å².